The van der Waals surface area contributed by atoms with Crippen molar-refractivity contribution in [1.29, 1.82) is 0 Å². The van der Waals surface area contributed by atoms with Gasteiger partial charge in [-0.15, -0.1) is 0 Å². The van der Waals surface area contributed by atoms with Gasteiger partial charge in [-0.2, -0.15) is 0 Å². The lowest BCUT2D eigenvalue weighted by atomic mass is 9.95. The topological polar surface area (TPSA) is 18.5 Å². The van der Waals surface area contributed by atoms with Gasteiger partial charge in [0.2, 0.25) is 0 Å². The van der Waals surface area contributed by atoms with Crippen LogP contribution in [0.15, 0.2) is 24.3 Å². The summed E-state index contributed by atoms with van der Waals surface area (Å²) < 4.78 is 47.8. The van der Waals surface area contributed by atoms with Crippen molar-refractivity contribution >= 4 is 0 Å². The molecule has 0 aliphatic rings. The van der Waals surface area contributed by atoms with Crippen molar-refractivity contribution in [2.45, 2.75) is 0 Å². The second kappa shape index (κ2) is 6.37. The maximum Gasteiger partial charge on any atom is 0.119 e. The molecular weight excluding hydrogens is 233 g/mol. The highest BCUT2D eigenvalue weighted by Crippen LogP contribution is 2.23. The van der Waals surface area contributed by atoms with Gasteiger partial charge in [0.25, 0.3) is 0 Å². The second-order valence-electron chi connectivity index (χ2n) is 3.87. The third-order valence-corrected chi connectivity index (χ3v) is 2.45. The average molecular weight is 248 g/mol. The molecule has 0 aliphatic carbocycles. The van der Waals surface area contributed by atoms with E-state index in [1.165, 1.54) is 7.11 Å². The Balaban J connectivity index is 2.59. The minimum absolute atomic E-state index is 0.331. The SMILES string of the molecule is COc1ccc(OCC(CF)(CF)CF)cc1. The molecule has 0 heterocycles. The molecule has 0 fully saturated rings. The van der Waals surface area contributed by atoms with Crippen molar-refractivity contribution < 1.29 is 22.6 Å². The molecule has 0 spiro atoms. The van der Waals surface area contributed by atoms with Gasteiger partial charge < -0.3 is 9.47 Å². The second-order valence-corrected chi connectivity index (χ2v) is 3.87. The minimum atomic E-state index is -1.68. The summed E-state index contributed by atoms with van der Waals surface area (Å²) in [6.45, 7) is -3.59. The maximum atomic E-state index is 12.6. The molecule has 2 nitrogen and oxygen atoms in total. The van der Waals surface area contributed by atoms with E-state index in [1.807, 2.05) is 0 Å². The summed E-state index contributed by atoms with van der Waals surface area (Å²) in [6.07, 6.45) is 0. The lowest BCUT2D eigenvalue weighted by Gasteiger charge is -2.24. The van der Waals surface area contributed by atoms with Gasteiger partial charge >= 0.3 is 0 Å². The zero-order valence-corrected chi connectivity index (χ0v) is 9.59. The third-order valence-electron chi connectivity index (χ3n) is 2.45. The first-order valence-corrected chi connectivity index (χ1v) is 5.14. The Morgan fingerprint density at radius 2 is 1.41 bits per heavy atom. The first-order chi connectivity index (χ1) is 8.19. The number of ether oxygens (including phenoxy) is 2. The Morgan fingerprint density at radius 1 is 0.941 bits per heavy atom. The van der Waals surface area contributed by atoms with Crippen molar-refractivity contribution in [2.24, 2.45) is 5.41 Å². The minimum Gasteiger partial charge on any atom is -0.497 e. The fourth-order valence-corrected chi connectivity index (χ4v) is 1.13. The van der Waals surface area contributed by atoms with Gasteiger partial charge in [0, 0.05) is 0 Å². The molecule has 0 radical (unpaired) electrons. The summed E-state index contributed by atoms with van der Waals surface area (Å²) in [5.74, 6) is 1.07. The number of alkyl halides is 3. The molecule has 0 aliphatic heterocycles. The Morgan fingerprint density at radius 3 is 1.82 bits per heavy atom. The molecule has 5 heteroatoms. The largest absolute Gasteiger partial charge is 0.497 e. The van der Waals surface area contributed by atoms with E-state index in [-0.39, 0.29) is 6.61 Å². The van der Waals surface area contributed by atoms with Gasteiger partial charge in [-0.1, -0.05) is 0 Å². The highest BCUT2D eigenvalue weighted by atomic mass is 19.1. The highest BCUT2D eigenvalue weighted by molar-refractivity contribution is 5.31. The Labute approximate surface area is 98.3 Å². The fraction of sp³-hybridized carbons (Fsp3) is 0.500. The normalized spacial score (nSPS) is 11.3. The van der Waals surface area contributed by atoms with Gasteiger partial charge in [-0.25, -0.2) is 0 Å². The van der Waals surface area contributed by atoms with E-state index in [4.69, 9.17) is 9.47 Å². The Kier molecular flexibility index (Phi) is 5.12. The van der Waals surface area contributed by atoms with E-state index < -0.39 is 25.4 Å². The van der Waals surface area contributed by atoms with E-state index >= 15 is 0 Å². The van der Waals surface area contributed by atoms with E-state index in [9.17, 15) is 13.2 Å². The van der Waals surface area contributed by atoms with Gasteiger partial charge in [0.05, 0.1) is 12.5 Å². The van der Waals surface area contributed by atoms with E-state index in [0.29, 0.717) is 11.5 Å². The molecule has 0 saturated heterocycles. The quantitative estimate of drug-likeness (QED) is 0.738. The van der Waals surface area contributed by atoms with Crippen LogP contribution in [-0.2, 0) is 0 Å². The summed E-state index contributed by atoms with van der Waals surface area (Å²) in [5.41, 5.74) is -1.68. The van der Waals surface area contributed by atoms with Crippen LogP contribution < -0.4 is 9.47 Å². The van der Waals surface area contributed by atoms with Crippen molar-refractivity contribution in [1.82, 2.24) is 0 Å². The molecule has 0 bridgehead atoms. The van der Waals surface area contributed by atoms with Gasteiger partial charge in [-0.3, -0.25) is 13.2 Å². The Bertz CT molecular complexity index is 315. The lowest BCUT2D eigenvalue weighted by Crippen LogP contribution is -2.35. The molecular formula is C12H15F3O2. The molecule has 0 atom stereocenters. The molecule has 0 amide bonds. The molecule has 1 rings (SSSR count). The molecule has 0 N–H and O–H groups in total. The van der Waals surface area contributed by atoms with Crippen LogP contribution in [0, 0.1) is 5.41 Å². The van der Waals surface area contributed by atoms with Crippen LogP contribution in [0.2, 0.25) is 0 Å². The van der Waals surface area contributed by atoms with Crippen molar-refractivity contribution in [3.8, 4) is 11.5 Å². The molecule has 0 aromatic heterocycles. The average Bonchev–Trinajstić information content (AvgIpc) is 2.41. The van der Waals surface area contributed by atoms with E-state index in [0.717, 1.165) is 0 Å². The third kappa shape index (κ3) is 3.54. The number of hydrogen-bond acceptors (Lipinski definition) is 2. The van der Waals surface area contributed by atoms with Gasteiger partial charge in [0.1, 0.15) is 38.1 Å². The summed E-state index contributed by atoms with van der Waals surface area (Å²) in [6, 6.07) is 6.49. The summed E-state index contributed by atoms with van der Waals surface area (Å²) in [5, 5.41) is 0. The smallest absolute Gasteiger partial charge is 0.119 e. The van der Waals surface area contributed by atoms with Crippen LogP contribution in [-0.4, -0.2) is 33.7 Å². The molecule has 0 saturated carbocycles. The van der Waals surface area contributed by atoms with Crippen LogP contribution in [0.25, 0.3) is 0 Å². The number of rotatable bonds is 7. The van der Waals surface area contributed by atoms with Gasteiger partial charge in [-0.05, 0) is 24.3 Å². The highest BCUT2D eigenvalue weighted by Gasteiger charge is 2.32. The zero-order valence-electron chi connectivity index (χ0n) is 9.59. The van der Waals surface area contributed by atoms with Crippen LogP contribution in [0.5, 0.6) is 11.5 Å². The number of hydrogen-bond donors (Lipinski definition) is 0. The molecule has 1 aromatic rings. The molecule has 96 valence electrons. The predicted molar refractivity (Wildman–Crippen MR) is 58.8 cm³/mol. The molecule has 1 aromatic carbocycles. The number of halogens is 3. The summed E-state index contributed by atoms with van der Waals surface area (Å²) in [4.78, 5) is 0. The van der Waals surface area contributed by atoms with Gasteiger partial charge in [0.15, 0.2) is 0 Å². The van der Waals surface area contributed by atoms with Crippen LogP contribution >= 0.6 is 0 Å². The van der Waals surface area contributed by atoms with Crippen molar-refractivity contribution in [3.63, 3.8) is 0 Å². The van der Waals surface area contributed by atoms with Crippen LogP contribution in [0.1, 0.15) is 0 Å². The zero-order chi connectivity index (χ0) is 12.7. The van der Waals surface area contributed by atoms with Crippen molar-refractivity contribution in [3.05, 3.63) is 24.3 Å². The monoisotopic (exact) mass is 248 g/mol. The summed E-state index contributed by atoms with van der Waals surface area (Å²) in [7, 11) is 1.52. The fourth-order valence-electron chi connectivity index (χ4n) is 1.13. The van der Waals surface area contributed by atoms with E-state index in [1.54, 1.807) is 24.3 Å². The first kappa shape index (κ1) is 13.7. The maximum absolute atomic E-state index is 12.6. The predicted octanol–water partition coefficient (Wildman–Crippen LogP) is 2.97. The number of methoxy groups -OCH3 is 1. The van der Waals surface area contributed by atoms with Crippen LogP contribution in [0.3, 0.4) is 0 Å². The summed E-state index contributed by atoms with van der Waals surface area (Å²) >= 11 is 0. The Hall–Kier alpha value is -1.39. The van der Waals surface area contributed by atoms with Crippen molar-refractivity contribution in [2.75, 3.05) is 33.7 Å². The molecule has 17 heavy (non-hydrogen) atoms. The number of benzene rings is 1. The van der Waals surface area contributed by atoms with E-state index in [2.05, 4.69) is 0 Å². The molecule has 0 unspecified atom stereocenters. The van der Waals surface area contributed by atoms with Crippen LogP contribution in [0.4, 0.5) is 13.2 Å². The lowest BCUT2D eigenvalue weighted by molar-refractivity contribution is 0.0543. The first-order valence-electron chi connectivity index (χ1n) is 5.14. The standard InChI is InChI=1S/C12H15F3O2/c1-16-10-2-4-11(5-3-10)17-9-12(6-13,7-14)8-15/h2-5H,6-9H2,1H3.